The Hall–Kier alpha value is -4.58. The van der Waals surface area contributed by atoms with Gasteiger partial charge in [0.25, 0.3) is 0 Å². The predicted octanol–water partition coefficient (Wildman–Crippen LogP) is 16.3. The maximum atomic E-state index is 13.3. The fraction of sp³-hybridized carbons (Fsp3) is 0.567. The number of ketones is 2. The lowest BCUT2D eigenvalue weighted by molar-refractivity contribution is -0.156. The molecule has 0 N–H and O–H groups in total. The van der Waals surface area contributed by atoms with Gasteiger partial charge in [-0.15, -0.1) is 0 Å². The lowest BCUT2D eigenvalue weighted by Crippen LogP contribution is -2.39. The predicted molar refractivity (Wildman–Crippen MR) is 278 cm³/mol. The Labute approximate surface area is 402 Å². The number of hydrogen-bond acceptors (Lipinski definition) is 6. The molecule has 0 saturated carbocycles. The minimum atomic E-state index is -0.716. The molecule has 0 aromatic carbocycles. The van der Waals surface area contributed by atoms with Crippen molar-refractivity contribution in [1.29, 1.82) is 0 Å². The van der Waals surface area contributed by atoms with E-state index in [-0.39, 0.29) is 34.3 Å². The summed E-state index contributed by atoms with van der Waals surface area (Å²) in [6, 6.07) is 0. The average Bonchev–Trinajstić information content (AvgIpc) is 3.25. The first kappa shape index (κ1) is 57.5. The molecule has 0 bridgehead atoms. The van der Waals surface area contributed by atoms with Crippen LogP contribution >= 0.6 is 0 Å². The molecule has 2 aliphatic carbocycles. The first-order chi connectivity index (χ1) is 31.3. The van der Waals surface area contributed by atoms with Crippen molar-refractivity contribution in [2.45, 2.75) is 211 Å². The fourth-order valence-corrected chi connectivity index (χ4v) is 8.65. The lowest BCUT2D eigenvalue weighted by Gasteiger charge is -2.36. The molecule has 2 aliphatic rings. The maximum Gasteiger partial charge on any atom is 0.306 e. The van der Waals surface area contributed by atoms with Crippen LogP contribution in [0.3, 0.4) is 0 Å². The normalized spacial score (nSPS) is 20.1. The number of unbranched alkanes of at least 4 members (excludes halogenated alkanes) is 12. The van der Waals surface area contributed by atoms with Crippen LogP contribution < -0.4 is 0 Å². The van der Waals surface area contributed by atoms with Crippen LogP contribution in [0.2, 0.25) is 0 Å². The SMILES string of the molecule is CCCCCCCCCC(=O)O[C@H]1CC(C)(C)C(/C=C/C(C)=C/C=C/C(C)=C/C=C/C=C(C)/C=C/C=C(C)/C=C/C2=C(C)C(=O)[C@@H](OC(=O)CCCCCCCCC)CC2(C)C)=C(C)C1=O. The highest BCUT2D eigenvalue weighted by molar-refractivity contribution is 6.02. The van der Waals surface area contributed by atoms with Crippen molar-refractivity contribution in [3.05, 3.63) is 130 Å². The molecule has 0 unspecified atom stereocenters. The molecule has 0 amide bonds. The monoisotopic (exact) mass is 905 g/mol. The summed E-state index contributed by atoms with van der Waals surface area (Å²) in [6.07, 6.45) is 44.8. The molecular weight excluding hydrogens is 817 g/mol. The number of hydrogen-bond donors (Lipinski definition) is 0. The number of carbonyl (C=O) groups excluding carboxylic acids is 4. The highest BCUT2D eigenvalue weighted by atomic mass is 16.6. The Kier molecular flexibility index (Phi) is 26.7. The van der Waals surface area contributed by atoms with E-state index in [0.717, 1.165) is 72.0 Å². The molecule has 0 radical (unpaired) electrons. The second kappa shape index (κ2) is 30.7. The second-order valence-electron chi connectivity index (χ2n) is 20.1. The van der Waals surface area contributed by atoms with E-state index in [1.165, 1.54) is 51.4 Å². The van der Waals surface area contributed by atoms with Gasteiger partial charge >= 0.3 is 11.9 Å². The quantitative estimate of drug-likeness (QED) is 0.0442. The highest BCUT2D eigenvalue weighted by Gasteiger charge is 2.41. The van der Waals surface area contributed by atoms with Crippen molar-refractivity contribution in [2.24, 2.45) is 10.8 Å². The molecule has 0 saturated heterocycles. The Bertz CT molecular complexity index is 1820. The van der Waals surface area contributed by atoms with Crippen molar-refractivity contribution >= 4 is 23.5 Å². The largest absolute Gasteiger partial charge is 0.454 e. The minimum absolute atomic E-state index is 0.0908. The second-order valence-corrected chi connectivity index (χ2v) is 20.1. The number of rotatable bonds is 28. The topological polar surface area (TPSA) is 86.7 Å². The van der Waals surface area contributed by atoms with Gasteiger partial charge in [0.05, 0.1) is 0 Å². The van der Waals surface area contributed by atoms with Crippen LogP contribution in [0.1, 0.15) is 199 Å². The van der Waals surface area contributed by atoms with Crippen LogP contribution in [0.4, 0.5) is 0 Å². The molecule has 2 atom stereocenters. The maximum absolute atomic E-state index is 13.3. The van der Waals surface area contributed by atoms with Gasteiger partial charge in [0.15, 0.2) is 23.8 Å². The molecule has 0 spiro atoms. The van der Waals surface area contributed by atoms with Gasteiger partial charge in [-0.3, -0.25) is 19.2 Å². The first-order valence-electron chi connectivity index (χ1n) is 25.3. The van der Waals surface area contributed by atoms with E-state index in [9.17, 15) is 19.2 Å². The summed E-state index contributed by atoms with van der Waals surface area (Å²) in [5.41, 5.74) is 7.05. The van der Waals surface area contributed by atoms with E-state index in [1.807, 2.05) is 76.3 Å². The molecule has 0 heterocycles. The molecular formula is C60H88O6. The number of carbonyl (C=O) groups is 4. The van der Waals surface area contributed by atoms with E-state index in [0.29, 0.717) is 36.8 Å². The molecule has 2 rings (SSSR count). The summed E-state index contributed by atoms with van der Waals surface area (Å²) in [6.45, 7) is 24.8. The number of ether oxygens (including phenoxy) is 2. The molecule has 0 aromatic heterocycles. The molecule has 66 heavy (non-hydrogen) atoms. The van der Waals surface area contributed by atoms with E-state index in [2.05, 4.69) is 91.8 Å². The summed E-state index contributed by atoms with van der Waals surface area (Å²) in [4.78, 5) is 51.7. The summed E-state index contributed by atoms with van der Waals surface area (Å²) in [5, 5.41) is 0. The third-order valence-corrected chi connectivity index (χ3v) is 12.8. The fourth-order valence-electron chi connectivity index (χ4n) is 8.65. The molecule has 6 nitrogen and oxygen atoms in total. The summed E-state index contributed by atoms with van der Waals surface area (Å²) >= 11 is 0. The van der Waals surface area contributed by atoms with E-state index < -0.39 is 12.2 Å². The van der Waals surface area contributed by atoms with Gasteiger partial charge in [0, 0.05) is 25.7 Å². The first-order valence-corrected chi connectivity index (χ1v) is 25.3. The molecule has 6 heteroatoms. The average molecular weight is 905 g/mol. The van der Waals surface area contributed by atoms with E-state index >= 15 is 0 Å². The molecule has 0 aromatic rings. The van der Waals surface area contributed by atoms with Gasteiger partial charge in [-0.05, 0) is 87.5 Å². The Morgan fingerprint density at radius 2 is 0.788 bits per heavy atom. The van der Waals surface area contributed by atoms with Crippen molar-refractivity contribution in [3.63, 3.8) is 0 Å². The lowest BCUT2D eigenvalue weighted by atomic mass is 9.71. The van der Waals surface area contributed by atoms with E-state index in [4.69, 9.17) is 9.47 Å². The Balaban J connectivity index is 1.90. The number of esters is 2. The summed E-state index contributed by atoms with van der Waals surface area (Å²) in [5.74, 6) is -0.712. The molecule has 0 fully saturated rings. The zero-order chi connectivity index (χ0) is 49.1. The highest BCUT2D eigenvalue weighted by Crippen LogP contribution is 2.42. The third-order valence-electron chi connectivity index (χ3n) is 12.8. The molecule has 0 aliphatic heterocycles. The zero-order valence-electron chi connectivity index (χ0n) is 43.4. The zero-order valence-corrected chi connectivity index (χ0v) is 43.4. The van der Waals surface area contributed by atoms with Gasteiger partial charge < -0.3 is 9.47 Å². The summed E-state index contributed by atoms with van der Waals surface area (Å²) in [7, 11) is 0. The third kappa shape index (κ3) is 21.8. The Morgan fingerprint density at radius 3 is 1.14 bits per heavy atom. The van der Waals surface area contributed by atoms with Crippen LogP contribution in [0.5, 0.6) is 0 Å². The van der Waals surface area contributed by atoms with Gasteiger partial charge in [-0.25, -0.2) is 0 Å². The van der Waals surface area contributed by atoms with Gasteiger partial charge in [0.1, 0.15) is 0 Å². The van der Waals surface area contributed by atoms with Crippen molar-refractivity contribution in [2.75, 3.05) is 0 Å². The van der Waals surface area contributed by atoms with E-state index in [1.54, 1.807) is 0 Å². The standard InChI is InChI=1S/C60H88O6/c1-13-15-17-19-21-23-25-37-55(61)65-53-43-59(9,10)51(49(7)57(53)63)41-39-47(5)35-29-33-45(3)31-27-28-32-46(4)34-30-36-48(6)40-42-52-50(8)58(64)54(44-60(52,11)12)66-56(62)38-26-24-22-20-18-16-14-2/h27-36,39-42,53-54H,13-26,37-38,43-44H2,1-12H3/b28-27+,33-29+,34-30+,41-39+,42-40+,45-31+,46-32+,47-35+,48-36+/t53-,54-/m0/s1. The van der Waals surface area contributed by atoms with Crippen molar-refractivity contribution < 1.29 is 28.7 Å². The van der Waals surface area contributed by atoms with Gasteiger partial charge in [-0.1, -0.05) is 226 Å². The van der Waals surface area contributed by atoms with Crippen molar-refractivity contribution in [3.8, 4) is 0 Å². The van der Waals surface area contributed by atoms with Crippen LogP contribution in [-0.2, 0) is 28.7 Å². The Morgan fingerprint density at radius 1 is 0.485 bits per heavy atom. The van der Waals surface area contributed by atoms with Crippen molar-refractivity contribution in [1.82, 2.24) is 0 Å². The summed E-state index contributed by atoms with van der Waals surface area (Å²) < 4.78 is 11.5. The van der Waals surface area contributed by atoms with Crippen LogP contribution in [-0.4, -0.2) is 35.7 Å². The number of Topliss-reactive ketones (excluding diaryl/α,β-unsaturated/α-hetero) is 2. The van der Waals surface area contributed by atoms with Crippen LogP contribution in [0, 0.1) is 10.8 Å². The molecule has 364 valence electrons. The smallest absolute Gasteiger partial charge is 0.306 e. The van der Waals surface area contributed by atoms with Gasteiger partial charge in [-0.2, -0.15) is 0 Å². The van der Waals surface area contributed by atoms with Gasteiger partial charge in [0.2, 0.25) is 0 Å². The van der Waals surface area contributed by atoms with Crippen LogP contribution in [0.15, 0.2) is 130 Å². The van der Waals surface area contributed by atoms with Crippen LogP contribution in [0.25, 0.3) is 0 Å². The minimum Gasteiger partial charge on any atom is -0.454 e. The number of allylic oxidation sites excluding steroid dienone is 20.